The summed E-state index contributed by atoms with van der Waals surface area (Å²) in [6, 6.07) is 4.99. The maximum atomic E-state index is 14.2. The third-order valence-electron chi connectivity index (χ3n) is 4.57. The maximum Gasteiger partial charge on any atom is 0.231 e. The Kier molecular flexibility index (Phi) is 3.85. The third kappa shape index (κ3) is 2.88. The number of nitrogens with one attached hydrogen (secondary N) is 2. The second-order valence-corrected chi connectivity index (χ2v) is 6.30. The van der Waals surface area contributed by atoms with E-state index in [2.05, 4.69) is 15.5 Å². The van der Waals surface area contributed by atoms with E-state index < -0.39 is 5.41 Å². The fourth-order valence-corrected chi connectivity index (χ4v) is 3.09. The first-order valence-corrected chi connectivity index (χ1v) is 7.65. The van der Waals surface area contributed by atoms with Gasteiger partial charge >= 0.3 is 0 Å². The largest absolute Gasteiger partial charge is 0.369 e. The predicted octanol–water partition coefficient (Wildman–Crippen LogP) is 2.36. The van der Waals surface area contributed by atoms with E-state index in [0.29, 0.717) is 17.9 Å². The molecular formula is C16H22FN3O. The van der Waals surface area contributed by atoms with E-state index >= 15 is 0 Å². The van der Waals surface area contributed by atoms with Crippen LogP contribution >= 0.6 is 0 Å². The molecule has 0 aromatic heterocycles. The van der Waals surface area contributed by atoms with Crippen molar-refractivity contribution in [1.29, 1.82) is 0 Å². The van der Waals surface area contributed by atoms with Crippen molar-refractivity contribution in [2.24, 2.45) is 5.41 Å². The standard InChI is InChI=1S/C16H22FN3O/c1-16(6-7-18-11-16)15(21)19-12-4-5-14(13(17)10-12)20-8-2-3-9-20/h4-5,10,18H,2-3,6-9,11H2,1H3,(H,19,21). The minimum atomic E-state index is -0.399. The Hall–Kier alpha value is -1.62. The zero-order valence-corrected chi connectivity index (χ0v) is 12.4. The minimum Gasteiger partial charge on any atom is -0.369 e. The molecule has 1 atom stereocenters. The number of anilines is 2. The minimum absolute atomic E-state index is 0.0409. The van der Waals surface area contributed by atoms with Gasteiger partial charge < -0.3 is 15.5 Å². The second kappa shape index (κ2) is 5.64. The number of hydrogen-bond donors (Lipinski definition) is 2. The molecule has 1 aromatic rings. The van der Waals surface area contributed by atoms with Crippen LogP contribution < -0.4 is 15.5 Å². The molecule has 2 N–H and O–H groups in total. The number of nitrogens with zero attached hydrogens (tertiary/aromatic N) is 1. The van der Waals surface area contributed by atoms with Gasteiger partial charge in [-0.1, -0.05) is 0 Å². The molecule has 2 aliphatic heterocycles. The van der Waals surface area contributed by atoms with Crippen LogP contribution in [0.2, 0.25) is 0 Å². The molecule has 1 aromatic carbocycles. The van der Waals surface area contributed by atoms with Crippen LogP contribution in [0.3, 0.4) is 0 Å². The van der Waals surface area contributed by atoms with E-state index in [1.165, 1.54) is 6.07 Å². The molecule has 2 fully saturated rings. The van der Waals surface area contributed by atoms with Gasteiger partial charge in [0.15, 0.2) is 0 Å². The Morgan fingerprint density at radius 3 is 2.76 bits per heavy atom. The summed E-state index contributed by atoms with van der Waals surface area (Å²) in [5, 5.41) is 6.04. The number of carbonyl (C=O) groups is 1. The molecule has 0 bridgehead atoms. The van der Waals surface area contributed by atoms with Crippen molar-refractivity contribution in [2.75, 3.05) is 36.4 Å². The van der Waals surface area contributed by atoms with E-state index in [1.54, 1.807) is 12.1 Å². The van der Waals surface area contributed by atoms with Crippen LogP contribution in [0, 0.1) is 11.2 Å². The number of hydrogen-bond acceptors (Lipinski definition) is 3. The number of halogens is 1. The fourth-order valence-electron chi connectivity index (χ4n) is 3.09. The summed E-state index contributed by atoms with van der Waals surface area (Å²) in [5.74, 6) is -0.301. The van der Waals surface area contributed by atoms with Gasteiger partial charge in [-0.2, -0.15) is 0 Å². The van der Waals surface area contributed by atoms with Gasteiger partial charge in [0.25, 0.3) is 0 Å². The lowest BCUT2D eigenvalue weighted by atomic mass is 9.89. The smallest absolute Gasteiger partial charge is 0.231 e. The van der Waals surface area contributed by atoms with Gasteiger partial charge in [0.2, 0.25) is 5.91 Å². The first-order valence-electron chi connectivity index (χ1n) is 7.65. The van der Waals surface area contributed by atoms with Gasteiger partial charge in [-0.25, -0.2) is 4.39 Å². The summed E-state index contributed by atoms with van der Waals surface area (Å²) in [6.45, 7) is 5.29. The second-order valence-electron chi connectivity index (χ2n) is 6.30. The van der Waals surface area contributed by atoms with Crippen LogP contribution in [0.5, 0.6) is 0 Å². The van der Waals surface area contributed by atoms with Crippen LogP contribution in [0.4, 0.5) is 15.8 Å². The average molecular weight is 291 g/mol. The summed E-state index contributed by atoms with van der Waals surface area (Å²) in [4.78, 5) is 14.4. The van der Waals surface area contributed by atoms with E-state index in [4.69, 9.17) is 0 Å². The average Bonchev–Trinajstić information content (AvgIpc) is 3.11. The molecule has 2 saturated heterocycles. The van der Waals surface area contributed by atoms with Crippen LogP contribution in [0.15, 0.2) is 18.2 Å². The highest BCUT2D eigenvalue weighted by molar-refractivity contribution is 5.95. The zero-order valence-electron chi connectivity index (χ0n) is 12.4. The Labute approximate surface area is 124 Å². The normalized spacial score (nSPS) is 25.3. The van der Waals surface area contributed by atoms with Crippen molar-refractivity contribution in [1.82, 2.24) is 5.32 Å². The molecule has 0 saturated carbocycles. The van der Waals surface area contributed by atoms with Crippen molar-refractivity contribution >= 4 is 17.3 Å². The lowest BCUT2D eigenvalue weighted by Crippen LogP contribution is -2.35. The molecule has 5 heteroatoms. The molecule has 4 nitrogen and oxygen atoms in total. The summed E-state index contributed by atoms with van der Waals surface area (Å²) < 4.78 is 14.2. The Morgan fingerprint density at radius 2 is 2.14 bits per heavy atom. The molecule has 21 heavy (non-hydrogen) atoms. The molecule has 0 spiro atoms. The van der Waals surface area contributed by atoms with Crippen LogP contribution in [-0.4, -0.2) is 32.1 Å². The third-order valence-corrected chi connectivity index (χ3v) is 4.57. The van der Waals surface area contributed by atoms with Crippen LogP contribution in [-0.2, 0) is 4.79 Å². The van der Waals surface area contributed by atoms with Gasteiger partial charge in [-0.15, -0.1) is 0 Å². The van der Waals surface area contributed by atoms with Crippen molar-refractivity contribution < 1.29 is 9.18 Å². The first-order chi connectivity index (χ1) is 10.1. The number of amides is 1. The summed E-state index contributed by atoms with van der Waals surface area (Å²) in [6.07, 6.45) is 3.04. The molecular weight excluding hydrogens is 269 g/mol. The van der Waals surface area contributed by atoms with Crippen molar-refractivity contribution in [2.45, 2.75) is 26.2 Å². The summed E-state index contributed by atoms with van der Waals surface area (Å²) in [7, 11) is 0. The number of carbonyl (C=O) groups excluding carboxylic acids is 1. The fraction of sp³-hybridized carbons (Fsp3) is 0.562. The highest BCUT2D eigenvalue weighted by atomic mass is 19.1. The van der Waals surface area contributed by atoms with Crippen molar-refractivity contribution in [3.05, 3.63) is 24.0 Å². The first kappa shape index (κ1) is 14.3. The number of benzene rings is 1. The van der Waals surface area contributed by atoms with Gasteiger partial charge in [-0.05, 0) is 50.9 Å². The van der Waals surface area contributed by atoms with E-state index in [9.17, 15) is 9.18 Å². The highest BCUT2D eigenvalue weighted by Crippen LogP contribution is 2.29. The van der Waals surface area contributed by atoms with Crippen molar-refractivity contribution in [3.8, 4) is 0 Å². The lowest BCUT2D eigenvalue weighted by Gasteiger charge is -2.22. The van der Waals surface area contributed by atoms with E-state index in [0.717, 1.165) is 38.9 Å². The molecule has 3 rings (SSSR count). The molecule has 0 radical (unpaired) electrons. The predicted molar refractivity (Wildman–Crippen MR) is 82.1 cm³/mol. The quantitative estimate of drug-likeness (QED) is 0.898. The monoisotopic (exact) mass is 291 g/mol. The Bertz CT molecular complexity index is 534. The lowest BCUT2D eigenvalue weighted by molar-refractivity contribution is -0.123. The van der Waals surface area contributed by atoms with Gasteiger partial charge in [-0.3, -0.25) is 4.79 Å². The Balaban J connectivity index is 1.71. The van der Waals surface area contributed by atoms with E-state index in [-0.39, 0.29) is 11.7 Å². The maximum absolute atomic E-state index is 14.2. The molecule has 1 unspecified atom stereocenters. The molecule has 114 valence electrons. The molecule has 1 amide bonds. The van der Waals surface area contributed by atoms with E-state index in [1.807, 2.05) is 6.92 Å². The van der Waals surface area contributed by atoms with Gasteiger partial charge in [0, 0.05) is 25.3 Å². The zero-order chi connectivity index (χ0) is 14.9. The molecule has 2 heterocycles. The summed E-state index contributed by atoms with van der Waals surface area (Å²) >= 11 is 0. The van der Waals surface area contributed by atoms with Crippen LogP contribution in [0.1, 0.15) is 26.2 Å². The number of rotatable bonds is 3. The van der Waals surface area contributed by atoms with Gasteiger partial charge in [0.1, 0.15) is 5.82 Å². The molecule has 2 aliphatic rings. The topological polar surface area (TPSA) is 44.4 Å². The van der Waals surface area contributed by atoms with Crippen LogP contribution in [0.25, 0.3) is 0 Å². The summed E-state index contributed by atoms with van der Waals surface area (Å²) in [5.41, 5.74) is 0.775. The van der Waals surface area contributed by atoms with Crippen molar-refractivity contribution in [3.63, 3.8) is 0 Å². The Morgan fingerprint density at radius 1 is 1.38 bits per heavy atom. The SMILES string of the molecule is CC1(C(=O)Nc2ccc(N3CCCC3)c(F)c2)CCNC1. The molecule has 0 aliphatic carbocycles. The highest BCUT2D eigenvalue weighted by Gasteiger charge is 2.36. The van der Waals surface area contributed by atoms with Gasteiger partial charge in [0.05, 0.1) is 11.1 Å².